The molecule has 4 heteroatoms. The summed E-state index contributed by atoms with van der Waals surface area (Å²) in [4.78, 5) is 12.1. The first-order chi connectivity index (χ1) is 8.74. The van der Waals surface area contributed by atoms with Crippen molar-refractivity contribution in [3.05, 3.63) is 29.8 Å². The van der Waals surface area contributed by atoms with Gasteiger partial charge in [-0.2, -0.15) is 0 Å². The Morgan fingerprint density at radius 2 is 1.94 bits per heavy atom. The lowest BCUT2D eigenvalue weighted by molar-refractivity contribution is 0.0729. The number of hydrogen-bond acceptors (Lipinski definition) is 3. The third kappa shape index (κ3) is 2.34. The van der Waals surface area contributed by atoms with Crippen LogP contribution in [0.25, 0.3) is 0 Å². The van der Waals surface area contributed by atoms with Crippen LogP contribution in [-0.2, 0) is 4.74 Å². The molecule has 2 aliphatic rings. The van der Waals surface area contributed by atoms with Crippen LogP contribution in [0.1, 0.15) is 29.6 Å². The minimum atomic E-state index is -0.0313. The van der Waals surface area contributed by atoms with E-state index in [1.165, 1.54) is 12.8 Å². The van der Waals surface area contributed by atoms with Gasteiger partial charge in [-0.05, 0) is 49.4 Å². The van der Waals surface area contributed by atoms with Crippen LogP contribution in [0.3, 0.4) is 0 Å². The van der Waals surface area contributed by atoms with Crippen molar-refractivity contribution in [2.45, 2.75) is 31.4 Å². The van der Waals surface area contributed by atoms with Gasteiger partial charge in [-0.25, -0.2) is 0 Å². The molecule has 2 fully saturated rings. The van der Waals surface area contributed by atoms with Gasteiger partial charge in [0.15, 0.2) is 0 Å². The van der Waals surface area contributed by atoms with Crippen LogP contribution in [0.2, 0.25) is 0 Å². The Bertz CT molecular complexity index is 440. The van der Waals surface area contributed by atoms with Crippen LogP contribution in [0.5, 0.6) is 0 Å². The van der Waals surface area contributed by atoms with Gasteiger partial charge < -0.3 is 15.8 Å². The van der Waals surface area contributed by atoms with Gasteiger partial charge in [-0.3, -0.25) is 4.79 Å². The standard InChI is InChI=1S/C14H18N2O2/c15-11-5-3-10(4-6-11)14(17)16-12-7-8-18-13(12)9-1-2-9/h3-6,9,12-13H,1-2,7-8,15H2,(H,16,17). The summed E-state index contributed by atoms with van der Waals surface area (Å²) >= 11 is 0. The van der Waals surface area contributed by atoms with Crippen molar-refractivity contribution >= 4 is 11.6 Å². The lowest BCUT2D eigenvalue weighted by Gasteiger charge is -2.19. The van der Waals surface area contributed by atoms with E-state index in [0.717, 1.165) is 13.0 Å². The highest BCUT2D eigenvalue weighted by Crippen LogP contribution is 2.38. The van der Waals surface area contributed by atoms with Gasteiger partial charge >= 0.3 is 0 Å². The number of hydrogen-bond donors (Lipinski definition) is 2. The maximum absolute atomic E-state index is 12.1. The monoisotopic (exact) mass is 246 g/mol. The lowest BCUT2D eigenvalue weighted by atomic mass is 10.1. The van der Waals surface area contributed by atoms with Gasteiger partial charge in [0.25, 0.3) is 5.91 Å². The van der Waals surface area contributed by atoms with Crippen LogP contribution in [-0.4, -0.2) is 24.7 Å². The number of nitrogens with one attached hydrogen (secondary N) is 1. The quantitative estimate of drug-likeness (QED) is 0.796. The first kappa shape index (κ1) is 11.5. The number of nitrogens with two attached hydrogens (primary N) is 1. The van der Waals surface area contributed by atoms with E-state index in [4.69, 9.17) is 10.5 Å². The molecule has 3 N–H and O–H groups in total. The van der Waals surface area contributed by atoms with E-state index >= 15 is 0 Å². The molecule has 3 rings (SSSR count). The molecule has 4 nitrogen and oxygen atoms in total. The average Bonchev–Trinajstić information content (AvgIpc) is 3.11. The van der Waals surface area contributed by atoms with Gasteiger partial charge in [0.05, 0.1) is 12.1 Å². The molecule has 18 heavy (non-hydrogen) atoms. The molecule has 1 aromatic carbocycles. The topological polar surface area (TPSA) is 64.4 Å². The molecule has 2 atom stereocenters. The summed E-state index contributed by atoms with van der Waals surface area (Å²) in [5, 5.41) is 3.08. The Morgan fingerprint density at radius 3 is 2.61 bits per heavy atom. The van der Waals surface area contributed by atoms with E-state index in [2.05, 4.69) is 5.32 Å². The largest absolute Gasteiger partial charge is 0.399 e. The van der Waals surface area contributed by atoms with Crippen LogP contribution >= 0.6 is 0 Å². The molecule has 1 aliphatic heterocycles. The molecule has 0 spiro atoms. The molecule has 96 valence electrons. The molecule has 0 aromatic heterocycles. The molecular formula is C14H18N2O2. The molecule has 1 saturated heterocycles. The average molecular weight is 246 g/mol. The van der Waals surface area contributed by atoms with Crippen molar-refractivity contribution in [2.75, 3.05) is 12.3 Å². The maximum Gasteiger partial charge on any atom is 0.251 e. The van der Waals surface area contributed by atoms with Gasteiger partial charge in [0.1, 0.15) is 0 Å². The predicted molar refractivity (Wildman–Crippen MR) is 69.2 cm³/mol. The summed E-state index contributed by atoms with van der Waals surface area (Å²) in [5.74, 6) is 0.625. The maximum atomic E-state index is 12.1. The lowest BCUT2D eigenvalue weighted by Crippen LogP contribution is -2.41. The van der Waals surface area contributed by atoms with Crippen molar-refractivity contribution in [3.63, 3.8) is 0 Å². The Balaban J connectivity index is 1.64. The summed E-state index contributed by atoms with van der Waals surface area (Å²) in [6, 6.07) is 7.18. The first-order valence-electron chi connectivity index (χ1n) is 6.52. The molecule has 1 saturated carbocycles. The molecule has 1 amide bonds. The number of carbonyl (C=O) groups is 1. The van der Waals surface area contributed by atoms with Crippen molar-refractivity contribution in [2.24, 2.45) is 5.92 Å². The van der Waals surface area contributed by atoms with E-state index < -0.39 is 0 Å². The Labute approximate surface area is 107 Å². The van der Waals surface area contributed by atoms with Crippen molar-refractivity contribution < 1.29 is 9.53 Å². The van der Waals surface area contributed by atoms with E-state index in [0.29, 0.717) is 17.2 Å². The summed E-state index contributed by atoms with van der Waals surface area (Å²) < 4.78 is 5.71. The minimum absolute atomic E-state index is 0.0313. The normalized spacial score (nSPS) is 27.1. The van der Waals surface area contributed by atoms with Gasteiger partial charge in [0, 0.05) is 17.9 Å². The van der Waals surface area contributed by atoms with E-state index in [-0.39, 0.29) is 18.1 Å². The molecular weight excluding hydrogens is 228 g/mol. The van der Waals surface area contributed by atoms with Crippen molar-refractivity contribution in [1.82, 2.24) is 5.32 Å². The van der Waals surface area contributed by atoms with Crippen LogP contribution < -0.4 is 11.1 Å². The fourth-order valence-corrected chi connectivity index (χ4v) is 2.54. The second-order valence-electron chi connectivity index (χ2n) is 5.16. The third-order valence-electron chi connectivity index (χ3n) is 3.71. The summed E-state index contributed by atoms with van der Waals surface area (Å²) in [6.07, 6.45) is 3.61. The highest BCUT2D eigenvalue weighted by molar-refractivity contribution is 5.94. The van der Waals surface area contributed by atoms with Gasteiger partial charge in [-0.1, -0.05) is 0 Å². The van der Waals surface area contributed by atoms with E-state index in [9.17, 15) is 4.79 Å². The van der Waals surface area contributed by atoms with Crippen LogP contribution in [0.4, 0.5) is 5.69 Å². The second-order valence-corrected chi connectivity index (χ2v) is 5.16. The zero-order chi connectivity index (χ0) is 12.5. The number of amides is 1. The fraction of sp³-hybridized carbons (Fsp3) is 0.500. The van der Waals surface area contributed by atoms with Crippen molar-refractivity contribution in [3.8, 4) is 0 Å². The molecule has 0 bridgehead atoms. The van der Waals surface area contributed by atoms with Crippen LogP contribution in [0, 0.1) is 5.92 Å². The van der Waals surface area contributed by atoms with E-state index in [1.807, 2.05) is 0 Å². The number of carbonyl (C=O) groups excluding carboxylic acids is 1. The predicted octanol–water partition coefficient (Wildman–Crippen LogP) is 1.57. The second kappa shape index (κ2) is 4.61. The van der Waals surface area contributed by atoms with Crippen LogP contribution in [0.15, 0.2) is 24.3 Å². The Morgan fingerprint density at radius 1 is 1.22 bits per heavy atom. The highest BCUT2D eigenvalue weighted by Gasteiger charge is 2.41. The molecule has 1 heterocycles. The molecule has 2 unspecified atom stereocenters. The zero-order valence-electron chi connectivity index (χ0n) is 10.3. The summed E-state index contributed by atoms with van der Waals surface area (Å²) in [5.41, 5.74) is 6.94. The number of rotatable bonds is 3. The zero-order valence-corrected chi connectivity index (χ0v) is 10.3. The molecule has 1 aromatic rings. The fourth-order valence-electron chi connectivity index (χ4n) is 2.54. The summed E-state index contributed by atoms with van der Waals surface area (Å²) in [7, 11) is 0. The molecule has 0 radical (unpaired) electrons. The highest BCUT2D eigenvalue weighted by atomic mass is 16.5. The number of nitrogen functional groups attached to an aromatic ring is 1. The Hall–Kier alpha value is -1.55. The number of anilines is 1. The van der Waals surface area contributed by atoms with Crippen molar-refractivity contribution in [1.29, 1.82) is 0 Å². The Kier molecular flexibility index (Phi) is 2.96. The third-order valence-corrected chi connectivity index (χ3v) is 3.71. The molecule has 1 aliphatic carbocycles. The van der Waals surface area contributed by atoms with Gasteiger partial charge in [-0.15, -0.1) is 0 Å². The smallest absolute Gasteiger partial charge is 0.251 e. The SMILES string of the molecule is Nc1ccc(C(=O)NC2CCOC2C2CC2)cc1. The first-order valence-corrected chi connectivity index (χ1v) is 6.52. The van der Waals surface area contributed by atoms with Gasteiger partial charge in [0.2, 0.25) is 0 Å². The number of benzene rings is 1. The number of ether oxygens (including phenoxy) is 1. The van der Waals surface area contributed by atoms with E-state index in [1.54, 1.807) is 24.3 Å². The summed E-state index contributed by atoms with van der Waals surface area (Å²) in [6.45, 7) is 0.758. The minimum Gasteiger partial charge on any atom is -0.399 e.